The number of piperidine rings is 1. The molecule has 1 N–H and O–H groups in total. The van der Waals surface area contributed by atoms with Crippen LogP contribution in [-0.4, -0.2) is 55.5 Å². The highest BCUT2D eigenvalue weighted by atomic mass is 19.1. The van der Waals surface area contributed by atoms with Crippen LogP contribution in [-0.2, 0) is 11.3 Å². The van der Waals surface area contributed by atoms with Crippen molar-refractivity contribution in [1.82, 2.24) is 9.80 Å². The zero-order chi connectivity index (χ0) is 21.8. The van der Waals surface area contributed by atoms with Crippen molar-refractivity contribution in [3.8, 4) is 5.75 Å². The summed E-state index contributed by atoms with van der Waals surface area (Å²) in [4.78, 5) is 17.6. The number of methoxy groups -OCH3 is 1. The first-order valence-electron chi connectivity index (χ1n) is 11.1. The fourth-order valence-electron chi connectivity index (χ4n) is 5.03. The number of carbonyl (C=O) groups excluding carboxylic acids is 1. The Morgan fingerprint density at radius 1 is 1.10 bits per heavy atom. The number of hydrogen-bond donors (Lipinski definition) is 1. The van der Waals surface area contributed by atoms with Crippen LogP contribution in [0.15, 0.2) is 48.5 Å². The molecule has 2 atom stereocenters. The van der Waals surface area contributed by atoms with Crippen molar-refractivity contribution in [3.63, 3.8) is 0 Å². The third-order valence-electron chi connectivity index (χ3n) is 6.82. The van der Waals surface area contributed by atoms with Crippen LogP contribution in [0.4, 0.5) is 10.1 Å². The molecular formula is C25H32FN3O2. The fraction of sp³-hybridized carbons (Fsp3) is 0.480. The first-order valence-corrected chi connectivity index (χ1v) is 11.1. The average Bonchev–Trinajstić information content (AvgIpc) is 3.18. The van der Waals surface area contributed by atoms with Crippen molar-refractivity contribution in [2.75, 3.05) is 39.1 Å². The number of amides is 1. The van der Waals surface area contributed by atoms with E-state index >= 15 is 0 Å². The van der Waals surface area contributed by atoms with Gasteiger partial charge < -0.3 is 15.0 Å². The maximum Gasteiger partial charge on any atom is 0.228 e. The molecule has 0 saturated carbocycles. The lowest BCUT2D eigenvalue weighted by atomic mass is 9.86. The molecule has 0 unspecified atom stereocenters. The Morgan fingerprint density at radius 3 is 2.42 bits per heavy atom. The molecule has 0 aliphatic carbocycles. The summed E-state index contributed by atoms with van der Waals surface area (Å²) in [6.45, 7) is 3.94. The lowest BCUT2D eigenvalue weighted by Crippen LogP contribution is -2.41. The minimum Gasteiger partial charge on any atom is -0.497 e. The van der Waals surface area contributed by atoms with Crippen molar-refractivity contribution in [3.05, 3.63) is 59.9 Å². The zero-order valence-electron chi connectivity index (χ0n) is 18.4. The van der Waals surface area contributed by atoms with E-state index in [1.54, 1.807) is 19.2 Å². The number of likely N-dealkylation sites (tertiary alicyclic amines) is 2. The number of halogens is 1. The Balaban J connectivity index is 1.26. The molecule has 1 amide bonds. The summed E-state index contributed by atoms with van der Waals surface area (Å²) in [6.07, 6.45) is 3.22. The van der Waals surface area contributed by atoms with Crippen molar-refractivity contribution in [2.24, 2.45) is 11.8 Å². The van der Waals surface area contributed by atoms with Crippen LogP contribution in [0.1, 0.15) is 24.8 Å². The molecule has 2 aromatic rings. The van der Waals surface area contributed by atoms with Gasteiger partial charge in [0.25, 0.3) is 0 Å². The molecule has 0 radical (unpaired) electrons. The van der Waals surface area contributed by atoms with E-state index in [-0.39, 0.29) is 17.6 Å². The van der Waals surface area contributed by atoms with E-state index in [1.807, 2.05) is 12.1 Å². The topological polar surface area (TPSA) is 44.8 Å². The highest BCUT2D eigenvalue weighted by Crippen LogP contribution is 2.33. The molecule has 4 rings (SSSR count). The number of hydrogen-bond acceptors (Lipinski definition) is 4. The predicted octanol–water partition coefficient (Wildman–Crippen LogP) is 4.01. The Labute approximate surface area is 184 Å². The number of nitrogens with zero attached hydrogens (tertiary/aromatic N) is 2. The standard InChI is InChI=1S/C25H32FN3O2/c1-28-17-20(25(30)27-22-7-5-21(26)6-8-22)15-24(28)19-11-13-29(14-12-19)16-18-3-9-23(31-2)10-4-18/h3-10,19-20,24H,11-17H2,1-2H3,(H,27,30)/t20-,24-/m0/s1. The maximum atomic E-state index is 13.1. The molecule has 31 heavy (non-hydrogen) atoms. The quantitative estimate of drug-likeness (QED) is 0.760. The average molecular weight is 426 g/mol. The van der Waals surface area contributed by atoms with Gasteiger partial charge in [0, 0.05) is 24.8 Å². The number of ether oxygens (including phenoxy) is 1. The molecule has 2 saturated heterocycles. The van der Waals surface area contributed by atoms with E-state index in [4.69, 9.17) is 4.74 Å². The lowest BCUT2D eigenvalue weighted by molar-refractivity contribution is -0.119. The second-order valence-electron chi connectivity index (χ2n) is 8.90. The lowest BCUT2D eigenvalue weighted by Gasteiger charge is -2.37. The first-order chi connectivity index (χ1) is 15.0. The van der Waals surface area contributed by atoms with Gasteiger partial charge in [0.2, 0.25) is 5.91 Å². The molecule has 0 spiro atoms. The van der Waals surface area contributed by atoms with Gasteiger partial charge in [-0.15, -0.1) is 0 Å². The molecule has 0 aromatic heterocycles. The summed E-state index contributed by atoms with van der Waals surface area (Å²) in [6, 6.07) is 14.7. The summed E-state index contributed by atoms with van der Waals surface area (Å²) in [5, 5.41) is 2.95. The van der Waals surface area contributed by atoms with E-state index in [1.165, 1.54) is 17.7 Å². The van der Waals surface area contributed by atoms with Gasteiger partial charge in [-0.3, -0.25) is 9.69 Å². The number of carbonyl (C=O) groups is 1. The van der Waals surface area contributed by atoms with Crippen LogP contribution in [0, 0.1) is 17.7 Å². The van der Waals surface area contributed by atoms with E-state index in [9.17, 15) is 9.18 Å². The monoisotopic (exact) mass is 425 g/mol. The largest absolute Gasteiger partial charge is 0.497 e. The fourth-order valence-corrected chi connectivity index (χ4v) is 5.03. The van der Waals surface area contributed by atoms with Gasteiger partial charge >= 0.3 is 0 Å². The molecule has 166 valence electrons. The maximum absolute atomic E-state index is 13.1. The predicted molar refractivity (Wildman–Crippen MR) is 121 cm³/mol. The molecule has 2 fully saturated rings. The third kappa shape index (κ3) is 5.43. The van der Waals surface area contributed by atoms with Gasteiger partial charge in [0.1, 0.15) is 11.6 Å². The van der Waals surface area contributed by atoms with E-state index < -0.39 is 0 Å². The number of nitrogens with one attached hydrogen (secondary N) is 1. The summed E-state index contributed by atoms with van der Waals surface area (Å²) in [5.74, 6) is 1.25. The number of anilines is 1. The summed E-state index contributed by atoms with van der Waals surface area (Å²) in [5.41, 5.74) is 1.97. The second kappa shape index (κ2) is 9.79. The van der Waals surface area contributed by atoms with Crippen LogP contribution >= 0.6 is 0 Å². The minimum atomic E-state index is -0.294. The molecular weight excluding hydrogens is 393 g/mol. The SMILES string of the molecule is COc1ccc(CN2CCC([C@@H]3C[C@H](C(=O)Nc4ccc(F)cc4)CN3C)CC2)cc1. The van der Waals surface area contributed by atoms with Gasteiger partial charge in [0.05, 0.1) is 13.0 Å². The van der Waals surface area contributed by atoms with Crippen molar-refractivity contribution >= 4 is 11.6 Å². The summed E-state index contributed by atoms with van der Waals surface area (Å²) in [7, 11) is 3.83. The van der Waals surface area contributed by atoms with Crippen LogP contribution in [0.5, 0.6) is 5.75 Å². The molecule has 2 heterocycles. The Morgan fingerprint density at radius 2 is 1.77 bits per heavy atom. The van der Waals surface area contributed by atoms with E-state index in [0.717, 1.165) is 51.2 Å². The smallest absolute Gasteiger partial charge is 0.228 e. The molecule has 0 bridgehead atoms. The Kier molecular flexibility index (Phi) is 6.88. The van der Waals surface area contributed by atoms with E-state index in [2.05, 4.69) is 34.3 Å². The van der Waals surface area contributed by atoms with Gasteiger partial charge in [-0.05, 0) is 87.3 Å². The summed E-state index contributed by atoms with van der Waals surface area (Å²) < 4.78 is 18.3. The second-order valence-corrected chi connectivity index (χ2v) is 8.90. The van der Waals surface area contributed by atoms with E-state index in [0.29, 0.717) is 17.6 Å². The molecule has 2 aliphatic heterocycles. The van der Waals surface area contributed by atoms with Crippen LogP contribution < -0.4 is 10.1 Å². The zero-order valence-corrected chi connectivity index (χ0v) is 18.4. The molecule has 2 aliphatic rings. The highest BCUT2D eigenvalue weighted by molar-refractivity contribution is 5.92. The Bertz CT molecular complexity index is 863. The van der Waals surface area contributed by atoms with Crippen LogP contribution in [0.2, 0.25) is 0 Å². The number of rotatable bonds is 6. The van der Waals surface area contributed by atoms with Gasteiger partial charge in [-0.1, -0.05) is 12.1 Å². The molecule has 5 nitrogen and oxygen atoms in total. The summed E-state index contributed by atoms with van der Waals surface area (Å²) >= 11 is 0. The van der Waals surface area contributed by atoms with Gasteiger partial charge in [0.15, 0.2) is 0 Å². The molecule has 6 heteroatoms. The third-order valence-corrected chi connectivity index (χ3v) is 6.82. The number of benzene rings is 2. The van der Waals surface area contributed by atoms with Crippen molar-refractivity contribution in [2.45, 2.75) is 31.8 Å². The van der Waals surface area contributed by atoms with Crippen molar-refractivity contribution < 1.29 is 13.9 Å². The van der Waals surface area contributed by atoms with Crippen LogP contribution in [0.3, 0.4) is 0 Å². The first kappa shape index (κ1) is 21.8. The highest BCUT2D eigenvalue weighted by Gasteiger charge is 2.39. The normalized spacial score (nSPS) is 23.1. The van der Waals surface area contributed by atoms with Gasteiger partial charge in [-0.2, -0.15) is 0 Å². The minimum absolute atomic E-state index is 0.0163. The Hall–Kier alpha value is -2.44. The van der Waals surface area contributed by atoms with Crippen molar-refractivity contribution in [1.29, 1.82) is 0 Å². The van der Waals surface area contributed by atoms with Gasteiger partial charge in [-0.25, -0.2) is 4.39 Å². The van der Waals surface area contributed by atoms with Crippen LogP contribution in [0.25, 0.3) is 0 Å². The molecule has 2 aromatic carbocycles.